The fraction of sp³-hybridized carbons (Fsp3) is 0.0952. The van der Waals surface area contributed by atoms with Crippen molar-refractivity contribution in [1.82, 2.24) is 0 Å². The number of para-hydroxylation sites is 1. The van der Waals surface area contributed by atoms with Crippen molar-refractivity contribution < 1.29 is 14.6 Å². The SMILES string of the molecule is C=O.Cc1cccc(N)c1.Nc1ccc(Oc2ccccc2)c(CO)c1. The first kappa shape index (κ1) is 20.7. The molecular weight excluding hydrogens is 328 g/mol. The normalized spacial score (nSPS) is 9.15. The van der Waals surface area contributed by atoms with E-state index in [0.717, 1.165) is 11.4 Å². The highest BCUT2D eigenvalue weighted by atomic mass is 16.5. The number of carbonyl (C=O) groups excluding carboxylic acids is 1. The molecule has 0 aliphatic carbocycles. The highest BCUT2D eigenvalue weighted by Crippen LogP contribution is 2.26. The summed E-state index contributed by atoms with van der Waals surface area (Å²) >= 11 is 0. The molecule has 5 N–H and O–H groups in total. The zero-order valence-corrected chi connectivity index (χ0v) is 14.8. The average molecular weight is 352 g/mol. The number of hydrogen-bond donors (Lipinski definition) is 3. The van der Waals surface area contributed by atoms with Gasteiger partial charge >= 0.3 is 0 Å². The number of anilines is 2. The first-order valence-corrected chi connectivity index (χ1v) is 7.91. The Hall–Kier alpha value is -3.31. The molecule has 26 heavy (non-hydrogen) atoms. The molecule has 0 amide bonds. The van der Waals surface area contributed by atoms with Gasteiger partial charge in [-0.25, -0.2) is 0 Å². The third-order valence-corrected chi connectivity index (χ3v) is 3.27. The van der Waals surface area contributed by atoms with Gasteiger partial charge in [0.1, 0.15) is 18.3 Å². The van der Waals surface area contributed by atoms with Gasteiger partial charge in [0.05, 0.1) is 6.61 Å². The first-order valence-electron chi connectivity index (χ1n) is 7.91. The van der Waals surface area contributed by atoms with Crippen molar-refractivity contribution >= 4 is 18.2 Å². The molecule has 0 radical (unpaired) electrons. The molecule has 3 aromatic rings. The molecular formula is C21H24N2O3. The molecule has 0 fully saturated rings. The van der Waals surface area contributed by atoms with Crippen molar-refractivity contribution in [3.63, 3.8) is 0 Å². The number of aryl methyl sites for hydroxylation is 1. The number of hydrogen-bond acceptors (Lipinski definition) is 5. The van der Waals surface area contributed by atoms with Gasteiger partial charge in [0.15, 0.2) is 0 Å². The maximum absolute atomic E-state index is 9.19. The van der Waals surface area contributed by atoms with E-state index in [1.165, 1.54) is 5.56 Å². The maximum Gasteiger partial charge on any atom is 0.133 e. The van der Waals surface area contributed by atoms with Crippen molar-refractivity contribution in [1.29, 1.82) is 0 Å². The number of benzene rings is 3. The van der Waals surface area contributed by atoms with Crippen molar-refractivity contribution in [3.8, 4) is 11.5 Å². The molecule has 136 valence electrons. The van der Waals surface area contributed by atoms with E-state index in [9.17, 15) is 5.11 Å². The maximum atomic E-state index is 9.19. The van der Waals surface area contributed by atoms with Gasteiger partial charge in [-0.15, -0.1) is 0 Å². The molecule has 0 spiro atoms. The average Bonchev–Trinajstić information content (AvgIpc) is 2.66. The Kier molecular flexibility index (Phi) is 9.00. The van der Waals surface area contributed by atoms with E-state index in [0.29, 0.717) is 17.0 Å². The van der Waals surface area contributed by atoms with Gasteiger partial charge in [0.25, 0.3) is 0 Å². The smallest absolute Gasteiger partial charge is 0.133 e. The molecule has 0 aromatic heterocycles. The van der Waals surface area contributed by atoms with Crippen LogP contribution in [0.15, 0.2) is 72.8 Å². The van der Waals surface area contributed by atoms with Crippen LogP contribution in [0, 0.1) is 6.92 Å². The number of aliphatic hydroxyl groups is 1. The number of nitrogen functional groups attached to an aromatic ring is 2. The minimum atomic E-state index is -0.0901. The second kappa shape index (κ2) is 11.3. The number of carbonyl (C=O) groups is 1. The third-order valence-electron chi connectivity index (χ3n) is 3.27. The summed E-state index contributed by atoms with van der Waals surface area (Å²) in [6, 6.07) is 22.4. The second-order valence-corrected chi connectivity index (χ2v) is 5.35. The zero-order chi connectivity index (χ0) is 19.4. The predicted molar refractivity (Wildman–Crippen MR) is 106 cm³/mol. The summed E-state index contributed by atoms with van der Waals surface area (Å²) < 4.78 is 5.64. The van der Waals surface area contributed by atoms with Gasteiger partial charge in [-0.1, -0.05) is 30.3 Å². The van der Waals surface area contributed by atoms with Crippen LogP contribution in [0.5, 0.6) is 11.5 Å². The Bertz CT molecular complexity index is 775. The minimum Gasteiger partial charge on any atom is -0.457 e. The van der Waals surface area contributed by atoms with E-state index in [1.54, 1.807) is 18.2 Å². The highest BCUT2D eigenvalue weighted by molar-refractivity contribution is 5.48. The van der Waals surface area contributed by atoms with E-state index in [-0.39, 0.29) is 6.61 Å². The van der Waals surface area contributed by atoms with E-state index in [2.05, 4.69) is 0 Å². The Labute approximate surface area is 153 Å². The summed E-state index contributed by atoms with van der Waals surface area (Å²) in [5, 5.41) is 9.19. The van der Waals surface area contributed by atoms with E-state index in [1.807, 2.05) is 68.3 Å². The Morgan fingerprint density at radius 2 is 1.54 bits per heavy atom. The molecule has 0 aliphatic heterocycles. The topological polar surface area (TPSA) is 98.6 Å². The number of ether oxygens (including phenoxy) is 1. The van der Waals surface area contributed by atoms with Crippen molar-refractivity contribution in [2.24, 2.45) is 0 Å². The number of nitrogens with two attached hydrogens (primary N) is 2. The summed E-state index contributed by atoms with van der Waals surface area (Å²) in [6.07, 6.45) is 0. The monoisotopic (exact) mass is 352 g/mol. The van der Waals surface area contributed by atoms with E-state index >= 15 is 0 Å². The van der Waals surface area contributed by atoms with Crippen LogP contribution < -0.4 is 16.2 Å². The first-order chi connectivity index (χ1) is 12.6. The molecule has 0 saturated carbocycles. The second-order valence-electron chi connectivity index (χ2n) is 5.35. The minimum absolute atomic E-state index is 0.0901. The van der Waals surface area contributed by atoms with Gasteiger partial charge in [-0.2, -0.15) is 0 Å². The van der Waals surface area contributed by atoms with Crippen LogP contribution in [0.25, 0.3) is 0 Å². The standard InChI is InChI=1S/C13H13NO2.C7H9N.CH2O/c14-11-6-7-13(10(8-11)9-15)16-12-4-2-1-3-5-12;1-6-3-2-4-7(8)5-6;1-2/h1-8,15H,9,14H2;2-5H,8H2,1H3;1H2. The Morgan fingerprint density at radius 1 is 0.885 bits per heavy atom. The van der Waals surface area contributed by atoms with Crippen LogP contribution in [-0.2, 0) is 11.4 Å². The van der Waals surface area contributed by atoms with Crippen LogP contribution >= 0.6 is 0 Å². The lowest BCUT2D eigenvalue weighted by molar-refractivity contribution is -0.0979. The zero-order valence-electron chi connectivity index (χ0n) is 14.8. The summed E-state index contributed by atoms with van der Waals surface area (Å²) in [6.45, 7) is 3.93. The van der Waals surface area contributed by atoms with Gasteiger partial charge < -0.3 is 26.1 Å². The Morgan fingerprint density at radius 3 is 2.08 bits per heavy atom. The molecule has 3 rings (SSSR count). The third kappa shape index (κ3) is 7.07. The molecule has 0 heterocycles. The number of aliphatic hydroxyl groups excluding tert-OH is 1. The van der Waals surface area contributed by atoms with Gasteiger partial charge in [0, 0.05) is 16.9 Å². The molecule has 5 heteroatoms. The van der Waals surface area contributed by atoms with Crippen LogP contribution in [-0.4, -0.2) is 11.9 Å². The lowest BCUT2D eigenvalue weighted by atomic mass is 10.2. The van der Waals surface area contributed by atoms with Crippen molar-refractivity contribution in [2.75, 3.05) is 11.5 Å². The molecule has 0 aliphatic rings. The molecule has 0 saturated heterocycles. The fourth-order valence-corrected chi connectivity index (χ4v) is 2.11. The van der Waals surface area contributed by atoms with Crippen LogP contribution in [0.2, 0.25) is 0 Å². The van der Waals surface area contributed by atoms with Gasteiger partial charge in [0.2, 0.25) is 0 Å². The summed E-state index contributed by atoms with van der Waals surface area (Å²) in [7, 11) is 0. The predicted octanol–water partition coefficient (Wildman–Crippen LogP) is 3.95. The Balaban J connectivity index is 0.000000284. The molecule has 3 aromatic carbocycles. The van der Waals surface area contributed by atoms with Crippen LogP contribution in [0.3, 0.4) is 0 Å². The highest BCUT2D eigenvalue weighted by Gasteiger charge is 2.04. The fourth-order valence-electron chi connectivity index (χ4n) is 2.11. The molecule has 0 atom stereocenters. The largest absolute Gasteiger partial charge is 0.457 e. The van der Waals surface area contributed by atoms with Gasteiger partial charge in [-0.05, 0) is 55.0 Å². The number of rotatable bonds is 3. The van der Waals surface area contributed by atoms with E-state index < -0.39 is 0 Å². The lowest BCUT2D eigenvalue weighted by Gasteiger charge is -2.10. The van der Waals surface area contributed by atoms with Crippen LogP contribution in [0.1, 0.15) is 11.1 Å². The summed E-state index contributed by atoms with van der Waals surface area (Å²) in [4.78, 5) is 8.00. The quantitative estimate of drug-likeness (QED) is 0.620. The van der Waals surface area contributed by atoms with E-state index in [4.69, 9.17) is 21.0 Å². The van der Waals surface area contributed by atoms with Gasteiger partial charge in [-0.3, -0.25) is 0 Å². The van der Waals surface area contributed by atoms with Crippen molar-refractivity contribution in [2.45, 2.75) is 13.5 Å². The lowest BCUT2D eigenvalue weighted by Crippen LogP contribution is -1.94. The molecule has 0 bridgehead atoms. The summed E-state index contributed by atoms with van der Waals surface area (Å²) in [5.41, 5.74) is 14.4. The summed E-state index contributed by atoms with van der Waals surface area (Å²) in [5.74, 6) is 1.37. The molecule has 5 nitrogen and oxygen atoms in total. The van der Waals surface area contributed by atoms with Crippen LogP contribution in [0.4, 0.5) is 11.4 Å². The van der Waals surface area contributed by atoms with Crippen molar-refractivity contribution in [3.05, 3.63) is 83.9 Å². The molecule has 0 unspecified atom stereocenters.